The lowest BCUT2D eigenvalue weighted by Gasteiger charge is -2.72. The van der Waals surface area contributed by atoms with Crippen LogP contribution >= 0.6 is 0 Å². The van der Waals surface area contributed by atoms with Gasteiger partial charge in [0.05, 0.1) is 37.1 Å². The predicted octanol–water partition coefficient (Wildman–Crippen LogP) is 1.76. The number of rotatable bonds is 9. The van der Waals surface area contributed by atoms with Crippen LogP contribution in [0.5, 0.6) is 0 Å². The Morgan fingerprint density at radius 3 is 2.17 bits per heavy atom. The zero-order valence-corrected chi connectivity index (χ0v) is 33.5. The van der Waals surface area contributed by atoms with Gasteiger partial charge in [-0.05, 0) is 117 Å². The highest BCUT2D eigenvalue weighted by Crippen LogP contribution is 2.76. The molecule has 10 unspecified atom stereocenters. The van der Waals surface area contributed by atoms with Crippen molar-refractivity contribution in [3.8, 4) is 0 Å². The van der Waals surface area contributed by atoms with E-state index in [-0.39, 0.29) is 30.3 Å². The second kappa shape index (κ2) is 15.1. The normalized spacial score (nSPS) is 52.8. The summed E-state index contributed by atoms with van der Waals surface area (Å²) in [6.45, 7) is 16.0. The Balaban J connectivity index is 1.38. The molecule has 4 aliphatic carbocycles. The molecule has 6 aliphatic rings. The van der Waals surface area contributed by atoms with Gasteiger partial charge in [0.1, 0.15) is 42.7 Å². The van der Waals surface area contributed by atoms with Gasteiger partial charge in [0.2, 0.25) is 0 Å². The van der Waals surface area contributed by atoms with Crippen LogP contribution in [0.3, 0.4) is 0 Å². The van der Waals surface area contributed by atoms with Crippen LogP contribution in [-0.2, 0) is 18.9 Å². The van der Waals surface area contributed by atoms with E-state index in [0.29, 0.717) is 32.1 Å². The molecule has 6 rings (SSSR count). The van der Waals surface area contributed by atoms with Gasteiger partial charge in [-0.2, -0.15) is 0 Å². The van der Waals surface area contributed by atoms with E-state index in [9.17, 15) is 46.0 Å². The van der Waals surface area contributed by atoms with Crippen LogP contribution in [0, 0.1) is 45.3 Å². The average molecular weight is 771 g/mol. The van der Waals surface area contributed by atoms with Gasteiger partial charge in [0, 0.05) is 0 Å². The molecule has 9 N–H and O–H groups in total. The monoisotopic (exact) mass is 770 g/mol. The van der Waals surface area contributed by atoms with E-state index in [1.54, 1.807) is 0 Å². The van der Waals surface area contributed by atoms with Crippen molar-refractivity contribution in [2.45, 2.75) is 186 Å². The van der Waals surface area contributed by atoms with Crippen LogP contribution < -0.4 is 0 Å². The Labute approximate surface area is 320 Å². The molecule has 0 aromatic carbocycles. The first-order valence-corrected chi connectivity index (χ1v) is 20.4. The molecule has 2 heterocycles. The molecule has 2 aliphatic heterocycles. The van der Waals surface area contributed by atoms with Crippen LogP contribution in [-0.4, -0.2) is 138 Å². The minimum absolute atomic E-state index is 0.0443. The zero-order chi connectivity index (χ0) is 39.9. The smallest absolute Gasteiger partial charge is 0.187 e. The van der Waals surface area contributed by atoms with Gasteiger partial charge in [-0.1, -0.05) is 46.3 Å². The Morgan fingerprint density at radius 1 is 0.833 bits per heavy atom. The third kappa shape index (κ3) is 6.86. The van der Waals surface area contributed by atoms with Crippen LogP contribution in [0.1, 0.15) is 107 Å². The number of hydrogen-bond donors (Lipinski definition) is 9. The number of aliphatic hydroxyl groups is 9. The molecule has 0 bridgehead atoms. The molecule has 54 heavy (non-hydrogen) atoms. The van der Waals surface area contributed by atoms with Gasteiger partial charge in [0.15, 0.2) is 12.6 Å². The van der Waals surface area contributed by atoms with Crippen molar-refractivity contribution in [1.82, 2.24) is 0 Å². The second-order valence-corrected chi connectivity index (χ2v) is 19.8. The quantitative estimate of drug-likeness (QED) is 0.121. The molecule has 4 saturated carbocycles. The fourth-order valence-electron chi connectivity index (χ4n) is 13.1. The molecule has 0 aromatic heterocycles. The maximum Gasteiger partial charge on any atom is 0.187 e. The van der Waals surface area contributed by atoms with Crippen molar-refractivity contribution >= 4 is 0 Å². The molecule has 13 nitrogen and oxygen atoms in total. The molecule has 2 saturated heterocycles. The van der Waals surface area contributed by atoms with Crippen LogP contribution in [0.2, 0.25) is 0 Å². The van der Waals surface area contributed by atoms with Gasteiger partial charge in [-0.25, -0.2) is 0 Å². The van der Waals surface area contributed by atoms with Crippen molar-refractivity contribution in [3.63, 3.8) is 0 Å². The van der Waals surface area contributed by atoms with E-state index >= 15 is 0 Å². The summed E-state index contributed by atoms with van der Waals surface area (Å²) in [6, 6.07) is 0. The van der Waals surface area contributed by atoms with Crippen molar-refractivity contribution < 1.29 is 64.9 Å². The van der Waals surface area contributed by atoms with E-state index in [4.69, 9.17) is 18.9 Å². The molecule has 0 spiro atoms. The fourth-order valence-corrected chi connectivity index (χ4v) is 13.1. The Bertz CT molecular complexity index is 1350. The molecule has 6 fully saturated rings. The van der Waals surface area contributed by atoms with Gasteiger partial charge < -0.3 is 64.9 Å². The Hall–Kier alpha value is -0.780. The number of hydrogen-bond acceptors (Lipinski definition) is 13. The van der Waals surface area contributed by atoms with Gasteiger partial charge >= 0.3 is 0 Å². The summed E-state index contributed by atoms with van der Waals surface area (Å²) in [5.41, 5.74) is -1.69. The first kappa shape index (κ1) is 42.8. The molecular weight excluding hydrogens is 700 g/mol. The van der Waals surface area contributed by atoms with E-state index < -0.39 is 107 Å². The van der Waals surface area contributed by atoms with E-state index in [1.165, 1.54) is 5.57 Å². The first-order chi connectivity index (χ1) is 25.0. The molecule has 0 amide bonds. The maximum absolute atomic E-state index is 12.2. The van der Waals surface area contributed by atoms with Gasteiger partial charge in [-0.15, -0.1) is 0 Å². The van der Waals surface area contributed by atoms with E-state index in [2.05, 4.69) is 40.7 Å². The summed E-state index contributed by atoms with van der Waals surface area (Å²) >= 11 is 0. The number of allylic oxidation sites excluding steroid dienone is 2. The first-order valence-electron chi connectivity index (χ1n) is 20.4. The highest BCUT2D eigenvalue weighted by molar-refractivity contribution is 5.22. The van der Waals surface area contributed by atoms with Gasteiger partial charge in [-0.3, -0.25) is 0 Å². The second-order valence-electron chi connectivity index (χ2n) is 19.8. The predicted molar refractivity (Wildman–Crippen MR) is 196 cm³/mol. The summed E-state index contributed by atoms with van der Waals surface area (Å²) < 4.78 is 24.8. The number of fused-ring (bicyclic) bond motifs is 5. The zero-order valence-electron chi connectivity index (χ0n) is 33.5. The minimum Gasteiger partial charge on any atom is -0.394 e. The molecule has 0 radical (unpaired) electrons. The number of ether oxygens (including phenoxy) is 4. The van der Waals surface area contributed by atoms with Crippen molar-refractivity contribution in [2.24, 2.45) is 45.3 Å². The molecule has 13 heteroatoms. The topological polar surface area (TPSA) is 219 Å². The lowest BCUT2D eigenvalue weighted by atomic mass is 9.34. The van der Waals surface area contributed by atoms with Crippen LogP contribution in [0.4, 0.5) is 0 Å². The summed E-state index contributed by atoms with van der Waals surface area (Å²) in [5.74, 6) is -0.513. The van der Waals surface area contributed by atoms with E-state index in [0.717, 1.165) is 19.3 Å². The highest BCUT2D eigenvalue weighted by atomic mass is 16.8. The van der Waals surface area contributed by atoms with Crippen molar-refractivity contribution in [3.05, 3.63) is 11.6 Å². The highest BCUT2D eigenvalue weighted by Gasteiger charge is 2.73. The molecule has 0 aromatic rings. The Morgan fingerprint density at radius 2 is 1.52 bits per heavy atom. The minimum atomic E-state index is -1.68. The fraction of sp³-hybridized carbons (Fsp3) is 0.951. The summed E-state index contributed by atoms with van der Waals surface area (Å²) in [6.07, 6.45) is -7.90. The summed E-state index contributed by atoms with van der Waals surface area (Å²) in [5, 5.41) is 99.6. The SMILES string of the molecule is CC(C)=CCC[C@@](C)(O)[C@@H]1CC[C@@]2(C)[C@@H]1C(O)C[C@@H]1[C@@]3(C)CCC(O)C(C)(C)[C@@H]3C(O[C@@H]3OC(CO)C(O)C(O)C3O[C@@H]3OCC(O)C(O)C3O)C[C@]12C. The van der Waals surface area contributed by atoms with E-state index in [1.807, 2.05) is 20.8 Å². The maximum atomic E-state index is 12.2. The van der Waals surface area contributed by atoms with Gasteiger partial charge in [0.25, 0.3) is 0 Å². The third-order valence-corrected chi connectivity index (χ3v) is 16.1. The lowest BCUT2D eigenvalue weighted by molar-refractivity contribution is -0.377. The standard InChI is InChI=1S/C41H70O13/c1-20(2)10-9-13-41(8,50)21-11-15-39(6)28(21)22(43)16-26-38(5)14-12-27(45)37(3,4)34(38)24(17-40(26,39)7)52-36-33(31(48)30(47)25(18-42)53-36)54-35-32(49)29(46)23(44)19-51-35/h10,21-36,42-50H,9,11-19H2,1-8H3/t21-,22?,23?,24?,25?,26-,27?,28+,29?,30?,31?,32?,33?,34+,35+,36-,38-,39+,40-,41-/m1/s1. The largest absolute Gasteiger partial charge is 0.394 e. The Kier molecular flexibility index (Phi) is 12.0. The average Bonchev–Trinajstić information content (AvgIpc) is 3.48. The van der Waals surface area contributed by atoms with Crippen LogP contribution in [0.25, 0.3) is 0 Å². The van der Waals surface area contributed by atoms with Crippen LogP contribution in [0.15, 0.2) is 11.6 Å². The molecule has 312 valence electrons. The van der Waals surface area contributed by atoms with Crippen molar-refractivity contribution in [1.29, 1.82) is 0 Å². The summed E-state index contributed by atoms with van der Waals surface area (Å²) in [7, 11) is 0. The molecular formula is C41H70O13. The summed E-state index contributed by atoms with van der Waals surface area (Å²) in [4.78, 5) is 0. The third-order valence-electron chi connectivity index (χ3n) is 16.1. The molecule has 20 atom stereocenters. The van der Waals surface area contributed by atoms with Crippen molar-refractivity contribution in [2.75, 3.05) is 13.2 Å². The lowest BCUT2D eigenvalue weighted by Crippen LogP contribution is -2.71. The number of aliphatic hydroxyl groups excluding tert-OH is 8.